The number of thiazole rings is 1. The van der Waals surface area contributed by atoms with Gasteiger partial charge >= 0.3 is 0 Å². The van der Waals surface area contributed by atoms with Gasteiger partial charge in [-0.15, -0.1) is 22.7 Å². The number of nitrogens with one attached hydrogen (secondary N) is 1. The van der Waals surface area contributed by atoms with Gasteiger partial charge < -0.3 is 0 Å². The zero-order valence-corrected chi connectivity index (χ0v) is 15.3. The number of nitrogens with zero attached hydrogens (tertiary/aromatic N) is 1. The highest BCUT2D eigenvalue weighted by Crippen LogP contribution is 2.30. The smallest absolute Gasteiger partial charge is 0.242 e. The second-order valence-electron chi connectivity index (χ2n) is 4.33. The molecule has 2 aromatic rings. The average molecular weight is 395 g/mol. The van der Waals surface area contributed by atoms with Crippen molar-refractivity contribution in [3.05, 3.63) is 30.8 Å². The number of rotatable bonds is 5. The molecular formula is C12H15BrN2O2S3. The van der Waals surface area contributed by atoms with Crippen LogP contribution >= 0.6 is 38.6 Å². The van der Waals surface area contributed by atoms with Crippen molar-refractivity contribution in [2.24, 2.45) is 0 Å². The lowest BCUT2D eigenvalue weighted by atomic mass is 10.4. The van der Waals surface area contributed by atoms with E-state index >= 15 is 0 Å². The fraction of sp³-hybridized carbons (Fsp3) is 0.417. The Balaban J connectivity index is 2.21. The second-order valence-corrected chi connectivity index (χ2v) is 9.80. The van der Waals surface area contributed by atoms with Gasteiger partial charge in [0.25, 0.3) is 0 Å². The Kier molecular flexibility index (Phi) is 5.01. The summed E-state index contributed by atoms with van der Waals surface area (Å²) in [6.45, 7) is 5.66. The molecule has 2 aromatic heterocycles. The van der Waals surface area contributed by atoms with E-state index in [9.17, 15) is 8.42 Å². The van der Waals surface area contributed by atoms with E-state index in [1.165, 1.54) is 11.3 Å². The molecule has 8 heteroatoms. The highest BCUT2D eigenvalue weighted by Gasteiger charge is 2.23. The van der Waals surface area contributed by atoms with E-state index in [1.54, 1.807) is 30.5 Å². The summed E-state index contributed by atoms with van der Waals surface area (Å²) >= 11 is 6.27. The van der Waals surface area contributed by atoms with E-state index in [0.29, 0.717) is 4.90 Å². The summed E-state index contributed by atoms with van der Waals surface area (Å²) < 4.78 is 28.3. The minimum atomic E-state index is -3.52. The van der Waals surface area contributed by atoms with Crippen molar-refractivity contribution in [1.82, 2.24) is 9.71 Å². The van der Waals surface area contributed by atoms with Gasteiger partial charge in [-0.2, -0.15) is 0 Å². The zero-order valence-electron chi connectivity index (χ0n) is 11.3. The summed E-state index contributed by atoms with van der Waals surface area (Å²) in [6, 6.07) is 1.30. The number of hydrogen-bond donors (Lipinski definition) is 1. The number of aromatic nitrogens is 1. The van der Waals surface area contributed by atoms with Crippen LogP contribution in [0.25, 0.3) is 0 Å². The van der Waals surface area contributed by atoms with Gasteiger partial charge in [-0.25, -0.2) is 18.1 Å². The molecule has 1 N–H and O–H groups in total. The summed E-state index contributed by atoms with van der Waals surface area (Å²) in [6.07, 6.45) is 2.71. The van der Waals surface area contributed by atoms with Crippen LogP contribution in [0.1, 0.15) is 34.7 Å². The van der Waals surface area contributed by atoms with E-state index in [1.807, 2.05) is 6.92 Å². The first kappa shape index (κ1) is 16.1. The molecule has 0 amide bonds. The van der Waals surface area contributed by atoms with Crippen molar-refractivity contribution in [3.8, 4) is 0 Å². The van der Waals surface area contributed by atoms with Crippen molar-refractivity contribution in [2.75, 3.05) is 0 Å². The normalized spacial score (nSPS) is 13.6. The summed E-state index contributed by atoms with van der Waals surface area (Å²) in [4.78, 5) is 6.53. The van der Waals surface area contributed by atoms with Crippen LogP contribution in [-0.4, -0.2) is 13.4 Å². The fourth-order valence-corrected chi connectivity index (χ4v) is 6.29. The fourth-order valence-electron chi connectivity index (χ4n) is 1.73. The monoisotopic (exact) mass is 394 g/mol. The quantitative estimate of drug-likeness (QED) is 0.836. The first-order valence-corrected chi connectivity index (χ1v) is 9.97. The van der Waals surface area contributed by atoms with Gasteiger partial charge in [-0.05, 0) is 42.3 Å². The summed E-state index contributed by atoms with van der Waals surface area (Å²) in [5.74, 6) is 0. The van der Waals surface area contributed by atoms with Crippen molar-refractivity contribution in [3.63, 3.8) is 0 Å². The summed E-state index contributed by atoms with van der Waals surface area (Å²) in [5.41, 5.74) is 0. The molecule has 0 aromatic carbocycles. The number of halogens is 1. The average Bonchev–Trinajstić information content (AvgIpc) is 2.95. The molecule has 1 atom stereocenters. The van der Waals surface area contributed by atoms with Crippen molar-refractivity contribution in [1.29, 1.82) is 0 Å². The Morgan fingerprint density at radius 2 is 2.15 bits per heavy atom. The van der Waals surface area contributed by atoms with Gasteiger partial charge in [-0.1, -0.05) is 6.92 Å². The lowest BCUT2D eigenvalue weighted by molar-refractivity contribution is 0.566. The van der Waals surface area contributed by atoms with Crippen molar-refractivity contribution in [2.45, 2.75) is 38.1 Å². The van der Waals surface area contributed by atoms with E-state index in [-0.39, 0.29) is 6.04 Å². The molecule has 2 rings (SSSR count). The Morgan fingerprint density at radius 1 is 1.45 bits per heavy atom. The minimum Gasteiger partial charge on any atom is -0.248 e. The van der Waals surface area contributed by atoms with Crippen LogP contribution in [-0.2, 0) is 16.4 Å². The van der Waals surface area contributed by atoms with Gasteiger partial charge in [0.2, 0.25) is 10.0 Å². The third kappa shape index (κ3) is 3.48. The van der Waals surface area contributed by atoms with Gasteiger partial charge in [0.1, 0.15) is 5.01 Å². The largest absolute Gasteiger partial charge is 0.248 e. The first-order valence-electron chi connectivity index (χ1n) is 6.06. The predicted molar refractivity (Wildman–Crippen MR) is 87.0 cm³/mol. The molecule has 0 radical (unpaired) electrons. The summed E-state index contributed by atoms with van der Waals surface area (Å²) in [5, 5.41) is 0.789. The first-order chi connectivity index (χ1) is 9.33. The zero-order chi connectivity index (χ0) is 14.9. The molecule has 0 saturated carbocycles. The predicted octanol–water partition coefficient (Wildman–Crippen LogP) is 3.88. The van der Waals surface area contributed by atoms with Gasteiger partial charge in [-0.3, -0.25) is 0 Å². The van der Waals surface area contributed by atoms with Gasteiger partial charge in [0, 0.05) is 16.0 Å². The topological polar surface area (TPSA) is 59.1 Å². The van der Waals surface area contributed by atoms with Gasteiger partial charge in [0.05, 0.1) is 14.7 Å². The van der Waals surface area contributed by atoms with Crippen molar-refractivity contribution >= 4 is 48.6 Å². The maximum Gasteiger partial charge on any atom is 0.242 e. The molecule has 0 aliphatic carbocycles. The third-order valence-electron chi connectivity index (χ3n) is 2.75. The molecule has 0 fully saturated rings. The second kappa shape index (κ2) is 6.23. The standard InChI is InChI=1S/C12H15BrN2O2S3/c1-4-9-6-14-12(19-9)7(2)15-20(16,17)10-5-11(13)18-8(10)3/h5-7,15H,4H2,1-3H3. The van der Waals surface area contributed by atoms with E-state index < -0.39 is 10.0 Å². The Bertz CT molecular complexity index is 706. The van der Waals surface area contributed by atoms with Crippen molar-refractivity contribution < 1.29 is 8.42 Å². The lowest BCUT2D eigenvalue weighted by Crippen LogP contribution is -2.26. The molecule has 0 spiro atoms. The van der Waals surface area contributed by atoms with E-state index in [0.717, 1.165) is 25.0 Å². The molecular weight excluding hydrogens is 380 g/mol. The van der Waals surface area contributed by atoms with E-state index in [2.05, 4.69) is 32.6 Å². The SMILES string of the molecule is CCc1cnc(C(C)NS(=O)(=O)c2cc(Br)sc2C)s1. The van der Waals surface area contributed by atoms with Crippen LogP contribution in [0.4, 0.5) is 0 Å². The molecule has 0 bridgehead atoms. The van der Waals surface area contributed by atoms with Crippen LogP contribution in [0.2, 0.25) is 0 Å². The van der Waals surface area contributed by atoms with E-state index in [4.69, 9.17) is 0 Å². The molecule has 4 nitrogen and oxygen atoms in total. The molecule has 110 valence electrons. The van der Waals surface area contributed by atoms with Crippen LogP contribution in [0, 0.1) is 6.92 Å². The lowest BCUT2D eigenvalue weighted by Gasteiger charge is -2.11. The molecule has 2 heterocycles. The van der Waals surface area contributed by atoms with Crippen LogP contribution < -0.4 is 4.72 Å². The number of aryl methyl sites for hydroxylation is 2. The van der Waals surface area contributed by atoms with Crippen LogP contribution in [0.5, 0.6) is 0 Å². The molecule has 0 aliphatic rings. The number of hydrogen-bond acceptors (Lipinski definition) is 5. The summed E-state index contributed by atoms with van der Waals surface area (Å²) in [7, 11) is -3.52. The molecule has 0 saturated heterocycles. The molecule has 1 unspecified atom stereocenters. The highest BCUT2D eigenvalue weighted by molar-refractivity contribution is 9.11. The van der Waals surface area contributed by atoms with Crippen LogP contribution in [0.3, 0.4) is 0 Å². The maximum absolute atomic E-state index is 12.4. The maximum atomic E-state index is 12.4. The molecule has 0 aliphatic heterocycles. The Hall–Kier alpha value is -0.280. The minimum absolute atomic E-state index is 0.327. The number of sulfonamides is 1. The number of thiophene rings is 1. The Morgan fingerprint density at radius 3 is 2.65 bits per heavy atom. The Labute approximate surface area is 135 Å². The third-order valence-corrected chi connectivity index (χ3v) is 7.43. The van der Waals surface area contributed by atoms with Gasteiger partial charge in [0.15, 0.2) is 0 Å². The van der Waals surface area contributed by atoms with Crippen LogP contribution in [0.15, 0.2) is 20.9 Å². The highest BCUT2D eigenvalue weighted by atomic mass is 79.9. The molecule has 20 heavy (non-hydrogen) atoms.